The number of nitriles is 1. The summed E-state index contributed by atoms with van der Waals surface area (Å²) in [6.07, 6.45) is 3.19. The number of aryl methyl sites for hydroxylation is 2. The molecule has 0 atom stereocenters. The first kappa shape index (κ1) is 13.9. The summed E-state index contributed by atoms with van der Waals surface area (Å²) in [7, 11) is 0. The molecule has 3 aromatic rings. The van der Waals surface area contributed by atoms with E-state index in [1.165, 1.54) is 10.8 Å². The number of hydrogen-bond acceptors (Lipinski definition) is 5. The molecule has 22 heavy (non-hydrogen) atoms. The Morgan fingerprint density at radius 2 is 2.18 bits per heavy atom. The number of aromatic nitrogens is 2. The molecule has 0 spiro atoms. The van der Waals surface area contributed by atoms with Crippen LogP contribution >= 0.6 is 0 Å². The van der Waals surface area contributed by atoms with Crippen LogP contribution in [-0.2, 0) is 6.54 Å². The second kappa shape index (κ2) is 5.37. The van der Waals surface area contributed by atoms with Gasteiger partial charge < -0.3 is 13.4 Å². The minimum Gasteiger partial charge on any atom is -0.459 e. The highest BCUT2D eigenvalue weighted by atomic mass is 16.4. The third-order valence-corrected chi connectivity index (χ3v) is 3.43. The summed E-state index contributed by atoms with van der Waals surface area (Å²) in [5.41, 5.74) is 1.11. The normalized spacial score (nSPS) is 10.6. The molecule has 6 heteroatoms. The molecule has 110 valence electrons. The molecule has 0 unspecified atom stereocenters. The Morgan fingerprint density at radius 3 is 2.86 bits per heavy atom. The fourth-order valence-corrected chi connectivity index (χ4v) is 2.17. The molecule has 0 N–H and O–H groups in total. The van der Waals surface area contributed by atoms with Crippen molar-refractivity contribution < 1.29 is 8.83 Å². The van der Waals surface area contributed by atoms with Crippen molar-refractivity contribution in [3.05, 3.63) is 63.6 Å². The lowest BCUT2D eigenvalue weighted by atomic mass is 10.2. The topological polar surface area (TPSA) is 85.0 Å². The zero-order valence-corrected chi connectivity index (χ0v) is 12.2. The van der Waals surface area contributed by atoms with Crippen LogP contribution in [0.4, 0.5) is 0 Å². The van der Waals surface area contributed by atoms with E-state index >= 15 is 0 Å². The van der Waals surface area contributed by atoms with Crippen LogP contribution in [0.3, 0.4) is 0 Å². The molecule has 0 aliphatic heterocycles. The Balaban J connectivity index is 1.98. The highest BCUT2D eigenvalue weighted by molar-refractivity contribution is 5.44. The largest absolute Gasteiger partial charge is 0.459 e. The number of nitrogens with zero attached hydrogens (tertiary/aromatic N) is 3. The number of furan rings is 1. The summed E-state index contributed by atoms with van der Waals surface area (Å²) in [5.74, 6) is 1.51. The van der Waals surface area contributed by atoms with Gasteiger partial charge >= 0.3 is 0 Å². The van der Waals surface area contributed by atoms with Gasteiger partial charge in [-0.2, -0.15) is 5.26 Å². The summed E-state index contributed by atoms with van der Waals surface area (Å²) in [5, 5.41) is 9.06. The SMILES string of the molecule is Cc1ccn(Cc2nc(-c3ccco3)oc2C)c(=O)c1C#N. The van der Waals surface area contributed by atoms with E-state index in [0.29, 0.717) is 28.7 Å². The van der Waals surface area contributed by atoms with Gasteiger partial charge in [0.15, 0.2) is 5.76 Å². The van der Waals surface area contributed by atoms with Gasteiger partial charge in [0.25, 0.3) is 11.4 Å². The van der Waals surface area contributed by atoms with E-state index in [9.17, 15) is 4.79 Å². The van der Waals surface area contributed by atoms with Crippen molar-refractivity contribution in [2.24, 2.45) is 0 Å². The van der Waals surface area contributed by atoms with Gasteiger partial charge in [-0.25, -0.2) is 4.98 Å². The number of hydrogen-bond donors (Lipinski definition) is 0. The Labute approximate surface area is 126 Å². The zero-order chi connectivity index (χ0) is 15.7. The summed E-state index contributed by atoms with van der Waals surface area (Å²) < 4.78 is 12.3. The first-order valence-corrected chi connectivity index (χ1v) is 6.70. The van der Waals surface area contributed by atoms with Crippen molar-refractivity contribution in [1.29, 1.82) is 5.26 Å². The average molecular weight is 295 g/mol. The summed E-state index contributed by atoms with van der Waals surface area (Å²) in [6.45, 7) is 3.75. The molecule has 0 aliphatic carbocycles. The molecule has 0 bridgehead atoms. The highest BCUT2D eigenvalue weighted by Gasteiger charge is 2.15. The predicted molar refractivity (Wildman–Crippen MR) is 78.2 cm³/mol. The molecule has 0 aromatic carbocycles. The van der Waals surface area contributed by atoms with Gasteiger partial charge in [-0.05, 0) is 37.6 Å². The van der Waals surface area contributed by atoms with E-state index in [1.807, 2.05) is 6.07 Å². The molecular weight excluding hydrogens is 282 g/mol. The summed E-state index contributed by atoms with van der Waals surface area (Å²) in [6, 6.07) is 7.18. The second-order valence-corrected chi connectivity index (χ2v) is 4.92. The van der Waals surface area contributed by atoms with Gasteiger partial charge in [-0.1, -0.05) is 0 Å². The Bertz CT molecular complexity index is 911. The lowest BCUT2D eigenvalue weighted by molar-refractivity contribution is 0.499. The van der Waals surface area contributed by atoms with Gasteiger partial charge in [-0.15, -0.1) is 0 Å². The van der Waals surface area contributed by atoms with Crippen LogP contribution in [0.5, 0.6) is 0 Å². The van der Waals surface area contributed by atoms with Gasteiger partial charge in [0.2, 0.25) is 0 Å². The lowest BCUT2D eigenvalue weighted by Crippen LogP contribution is -2.23. The highest BCUT2D eigenvalue weighted by Crippen LogP contribution is 2.22. The maximum Gasteiger partial charge on any atom is 0.269 e. The summed E-state index contributed by atoms with van der Waals surface area (Å²) in [4.78, 5) is 16.6. The maximum absolute atomic E-state index is 12.2. The van der Waals surface area contributed by atoms with Crippen molar-refractivity contribution >= 4 is 0 Å². The van der Waals surface area contributed by atoms with E-state index < -0.39 is 0 Å². The molecule has 3 aromatic heterocycles. The smallest absolute Gasteiger partial charge is 0.269 e. The number of rotatable bonds is 3. The molecule has 0 saturated heterocycles. The van der Waals surface area contributed by atoms with Crippen LogP contribution in [0.1, 0.15) is 22.6 Å². The van der Waals surface area contributed by atoms with E-state index in [0.717, 1.165) is 0 Å². The average Bonchev–Trinajstić information content (AvgIpc) is 3.13. The van der Waals surface area contributed by atoms with Crippen molar-refractivity contribution in [3.8, 4) is 17.7 Å². The van der Waals surface area contributed by atoms with Crippen LogP contribution in [0, 0.1) is 25.2 Å². The van der Waals surface area contributed by atoms with Gasteiger partial charge in [0.05, 0.1) is 12.8 Å². The zero-order valence-electron chi connectivity index (χ0n) is 12.2. The van der Waals surface area contributed by atoms with Gasteiger partial charge in [-0.3, -0.25) is 4.79 Å². The lowest BCUT2D eigenvalue weighted by Gasteiger charge is -2.05. The number of oxazole rings is 1. The molecule has 6 nitrogen and oxygen atoms in total. The fraction of sp³-hybridized carbons (Fsp3) is 0.188. The molecule has 0 amide bonds. The third-order valence-electron chi connectivity index (χ3n) is 3.43. The number of pyridine rings is 1. The standard InChI is InChI=1S/C16H13N3O3/c1-10-5-6-19(16(20)12(10)8-17)9-13-11(2)22-15(18-13)14-4-3-7-21-14/h3-7H,9H2,1-2H3. The van der Waals surface area contributed by atoms with Crippen molar-refractivity contribution in [2.75, 3.05) is 0 Å². The Morgan fingerprint density at radius 1 is 1.36 bits per heavy atom. The third kappa shape index (κ3) is 2.33. The van der Waals surface area contributed by atoms with Crippen LogP contribution in [0.25, 0.3) is 11.7 Å². The Kier molecular flexibility index (Phi) is 3.39. The maximum atomic E-state index is 12.2. The van der Waals surface area contributed by atoms with Gasteiger partial charge in [0.1, 0.15) is 23.1 Å². The van der Waals surface area contributed by atoms with Crippen LogP contribution in [0.2, 0.25) is 0 Å². The predicted octanol–water partition coefficient (Wildman–Crippen LogP) is 2.63. The van der Waals surface area contributed by atoms with Crippen LogP contribution in [0.15, 0.2) is 44.3 Å². The first-order valence-electron chi connectivity index (χ1n) is 6.70. The minimum atomic E-state index is -0.329. The van der Waals surface area contributed by atoms with Crippen molar-refractivity contribution in [3.63, 3.8) is 0 Å². The fourth-order valence-electron chi connectivity index (χ4n) is 2.17. The molecule has 0 fully saturated rings. The molecular formula is C16H13N3O3. The van der Waals surface area contributed by atoms with Crippen LogP contribution in [-0.4, -0.2) is 9.55 Å². The van der Waals surface area contributed by atoms with Crippen LogP contribution < -0.4 is 5.56 Å². The van der Waals surface area contributed by atoms with Crippen molar-refractivity contribution in [1.82, 2.24) is 9.55 Å². The van der Waals surface area contributed by atoms with Gasteiger partial charge in [0, 0.05) is 6.20 Å². The van der Waals surface area contributed by atoms with E-state index in [2.05, 4.69) is 4.98 Å². The molecule has 0 aliphatic rings. The van der Waals surface area contributed by atoms with E-state index in [-0.39, 0.29) is 17.7 Å². The van der Waals surface area contributed by atoms with E-state index in [1.54, 1.807) is 38.2 Å². The minimum absolute atomic E-state index is 0.148. The quantitative estimate of drug-likeness (QED) is 0.741. The summed E-state index contributed by atoms with van der Waals surface area (Å²) >= 11 is 0. The molecule has 0 radical (unpaired) electrons. The van der Waals surface area contributed by atoms with E-state index in [4.69, 9.17) is 14.1 Å². The van der Waals surface area contributed by atoms with Crippen molar-refractivity contribution in [2.45, 2.75) is 20.4 Å². The molecule has 3 rings (SSSR count). The molecule has 0 saturated carbocycles. The molecule has 3 heterocycles. The first-order chi connectivity index (χ1) is 10.6. The Hall–Kier alpha value is -3.07. The monoisotopic (exact) mass is 295 g/mol. The second-order valence-electron chi connectivity index (χ2n) is 4.92.